The monoisotopic (exact) mass is 306 g/mol. The summed E-state index contributed by atoms with van der Waals surface area (Å²) in [4.78, 5) is 21.4. The number of carboxylic acid groups (broad SMARTS) is 1. The number of carboxylic acids is 1. The molecule has 114 valence electrons. The number of rotatable bonds is 5. The van der Waals surface area contributed by atoms with E-state index < -0.39 is 23.2 Å². The smallest absolute Gasteiger partial charge is 0.379 e. The fourth-order valence-electron chi connectivity index (χ4n) is 1.74. The number of Topliss-reactive ketones (excluding diaryl/α,β-unsaturated/α-hetero) is 1. The molecule has 0 heterocycles. The topological polar surface area (TPSA) is 63.6 Å². The summed E-state index contributed by atoms with van der Waals surface area (Å²) in [6.07, 6.45) is 0. The summed E-state index contributed by atoms with van der Waals surface area (Å²) < 4.78 is 32.7. The maximum Gasteiger partial charge on any atom is 0.379 e. The summed E-state index contributed by atoms with van der Waals surface area (Å²) in [5.41, 5.74) is 0.352. The molecule has 0 unspecified atom stereocenters. The first kappa shape index (κ1) is 15.6. The summed E-state index contributed by atoms with van der Waals surface area (Å²) in [5.74, 6) is -7.59. The molecule has 0 bridgehead atoms. The number of halogens is 2. The number of aliphatic carboxylic acids is 1. The highest BCUT2D eigenvalue weighted by Crippen LogP contribution is 2.31. The first-order valence-corrected chi connectivity index (χ1v) is 6.31. The van der Waals surface area contributed by atoms with Crippen molar-refractivity contribution < 1.29 is 28.2 Å². The summed E-state index contributed by atoms with van der Waals surface area (Å²) in [7, 11) is 0. The predicted octanol–water partition coefficient (Wildman–Crippen LogP) is 3.53. The van der Waals surface area contributed by atoms with E-state index in [0.717, 1.165) is 17.7 Å². The molecule has 1 N–H and O–H groups in total. The van der Waals surface area contributed by atoms with Gasteiger partial charge in [-0.05, 0) is 43.3 Å². The van der Waals surface area contributed by atoms with E-state index in [1.807, 2.05) is 19.1 Å². The third-order valence-electron chi connectivity index (χ3n) is 2.95. The minimum absolute atomic E-state index is 0.297. The SMILES string of the molecule is Cc1ccc(Oc2ccc(C(F)(F)C(=O)C(=O)O)cc2)cc1. The Bertz CT molecular complexity index is 691. The van der Waals surface area contributed by atoms with Crippen molar-refractivity contribution in [1.82, 2.24) is 0 Å². The van der Waals surface area contributed by atoms with E-state index >= 15 is 0 Å². The van der Waals surface area contributed by atoms with Crippen LogP contribution in [0.25, 0.3) is 0 Å². The van der Waals surface area contributed by atoms with Gasteiger partial charge in [-0.15, -0.1) is 0 Å². The fraction of sp³-hybridized carbons (Fsp3) is 0.125. The van der Waals surface area contributed by atoms with Crippen LogP contribution in [-0.2, 0) is 15.5 Å². The maximum absolute atomic E-state index is 13.6. The molecule has 0 aliphatic carbocycles. The van der Waals surface area contributed by atoms with Gasteiger partial charge in [0.2, 0.25) is 0 Å². The third kappa shape index (κ3) is 3.28. The molecule has 0 spiro atoms. The van der Waals surface area contributed by atoms with Crippen LogP contribution in [0.3, 0.4) is 0 Å². The van der Waals surface area contributed by atoms with E-state index in [1.54, 1.807) is 12.1 Å². The molecule has 0 saturated carbocycles. The van der Waals surface area contributed by atoms with Crippen molar-refractivity contribution in [3.63, 3.8) is 0 Å². The molecule has 4 nitrogen and oxygen atoms in total. The summed E-state index contributed by atoms with van der Waals surface area (Å²) in [5, 5.41) is 8.40. The van der Waals surface area contributed by atoms with Gasteiger partial charge in [0, 0.05) is 5.56 Å². The molecule has 0 amide bonds. The minimum atomic E-state index is -4.08. The van der Waals surface area contributed by atoms with Crippen LogP contribution in [0.15, 0.2) is 48.5 Å². The zero-order valence-electron chi connectivity index (χ0n) is 11.5. The fourth-order valence-corrected chi connectivity index (χ4v) is 1.74. The second-order valence-electron chi connectivity index (χ2n) is 4.65. The molecule has 2 aromatic rings. The first-order valence-electron chi connectivity index (χ1n) is 6.31. The second-order valence-corrected chi connectivity index (χ2v) is 4.65. The van der Waals surface area contributed by atoms with E-state index in [-0.39, 0.29) is 0 Å². The second kappa shape index (κ2) is 5.93. The van der Waals surface area contributed by atoms with Gasteiger partial charge in [0.15, 0.2) is 0 Å². The van der Waals surface area contributed by atoms with Crippen molar-refractivity contribution in [1.29, 1.82) is 0 Å². The highest BCUT2D eigenvalue weighted by molar-refractivity contribution is 6.35. The number of alkyl halides is 2. The zero-order chi connectivity index (χ0) is 16.3. The largest absolute Gasteiger partial charge is 0.475 e. The van der Waals surface area contributed by atoms with Crippen LogP contribution in [0.1, 0.15) is 11.1 Å². The van der Waals surface area contributed by atoms with Crippen LogP contribution in [0.4, 0.5) is 8.78 Å². The number of ketones is 1. The van der Waals surface area contributed by atoms with Gasteiger partial charge < -0.3 is 9.84 Å². The Morgan fingerprint density at radius 1 is 0.955 bits per heavy atom. The van der Waals surface area contributed by atoms with Crippen molar-refractivity contribution in [3.8, 4) is 11.5 Å². The van der Waals surface area contributed by atoms with Crippen molar-refractivity contribution in [2.75, 3.05) is 0 Å². The Kier molecular flexibility index (Phi) is 4.21. The van der Waals surface area contributed by atoms with Crippen molar-refractivity contribution in [3.05, 3.63) is 59.7 Å². The molecule has 0 radical (unpaired) electrons. The van der Waals surface area contributed by atoms with E-state index in [0.29, 0.717) is 11.5 Å². The number of hydrogen-bond acceptors (Lipinski definition) is 3. The highest BCUT2D eigenvalue weighted by Gasteiger charge is 2.45. The Morgan fingerprint density at radius 3 is 1.86 bits per heavy atom. The Labute approximate surface area is 125 Å². The minimum Gasteiger partial charge on any atom is -0.475 e. The third-order valence-corrected chi connectivity index (χ3v) is 2.95. The number of ether oxygens (including phenoxy) is 1. The van der Waals surface area contributed by atoms with E-state index in [4.69, 9.17) is 9.84 Å². The van der Waals surface area contributed by atoms with E-state index in [1.165, 1.54) is 12.1 Å². The van der Waals surface area contributed by atoms with Gasteiger partial charge in [-0.2, -0.15) is 8.78 Å². The number of hydrogen-bond donors (Lipinski definition) is 1. The maximum atomic E-state index is 13.6. The van der Waals surface area contributed by atoms with Crippen LogP contribution < -0.4 is 4.74 Å². The molecule has 2 aromatic carbocycles. The molecule has 22 heavy (non-hydrogen) atoms. The molecule has 0 atom stereocenters. The van der Waals surface area contributed by atoms with Gasteiger partial charge in [-0.1, -0.05) is 17.7 Å². The molecular formula is C16H12F2O4. The zero-order valence-corrected chi connectivity index (χ0v) is 11.5. The van der Waals surface area contributed by atoms with Crippen molar-refractivity contribution >= 4 is 11.8 Å². The number of aryl methyl sites for hydroxylation is 1. The van der Waals surface area contributed by atoms with Gasteiger partial charge in [0.25, 0.3) is 0 Å². The molecular weight excluding hydrogens is 294 g/mol. The van der Waals surface area contributed by atoms with Crippen LogP contribution in [-0.4, -0.2) is 16.9 Å². The lowest BCUT2D eigenvalue weighted by Gasteiger charge is -2.13. The molecule has 0 fully saturated rings. The molecule has 0 saturated heterocycles. The lowest BCUT2D eigenvalue weighted by Crippen LogP contribution is -2.32. The molecule has 2 rings (SSSR count). The average molecular weight is 306 g/mol. The lowest BCUT2D eigenvalue weighted by atomic mass is 10.0. The van der Waals surface area contributed by atoms with Crippen LogP contribution in [0.2, 0.25) is 0 Å². The summed E-state index contributed by atoms with van der Waals surface area (Å²) >= 11 is 0. The summed E-state index contributed by atoms with van der Waals surface area (Å²) in [6.45, 7) is 1.92. The van der Waals surface area contributed by atoms with Crippen molar-refractivity contribution in [2.24, 2.45) is 0 Å². The standard InChI is InChI=1S/C16H12F2O4/c1-10-2-6-12(7-3-10)22-13-8-4-11(5-9-13)16(17,18)14(19)15(20)21/h2-9H,1H3,(H,20,21). The van der Waals surface area contributed by atoms with Gasteiger partial charge in [-0.25, -0.2) is 4.79 Å². The lowest BCUT2D eigenvalue weighted by molar-refractivity contribution is -0.163. The van der Waals surface area contributed by atoms with Crippen LogP contribution in [0, 0.1) is 6.92 Å². The van der Waals surface area contributed by atoms with Gasteiger partial charge in [0.1, 0.15) is 11.5 Å². The predicted molar refractivity (Wildman–Crippen MR) is 74.2 cm³/mol. The normalized spacial score (nSPS) is 11.0. The Balaban J connectivity index is 2.18. The van der Waals surface area contributed by atoms with Crippen LogP contribution in [0.5, 0.6) is 11.5 Å². The summed E-state index contributed by atoms with van der Waals surface area (Å²) in [6, 6.07) is 11.6. The number of carbonyl (C=O) groups is 2. The van der Waals surface area contributed by atoms with Gasteiger partial charge in [-0.3, -0.25) is 4.79 Å². The van der Waals surface area contributed by atoms with Gasteiger partial charge >= 0.3 is 17.7 Å². The van der Waals surface area contributed by atoms with E-state index in [9.17, 15) is 18.4 Å². The molecule has 6 heteroatoms. The van der Waals surface area contributed by atoms with Gasteiger partial charge in [0.05, 0.1) is 0 Å². The first-order chi connectivity index (χ1) is 10.3. The Hall–Kier alpha value is -2.76. The average Bonchev–Trinajstić information content (AvgIpc) is 2.49. The quantitative estimate of drug-likeness (QED) is 0.858. The highest BCUT2D eigenvalue weighted by atomic mass is 19.3. The van der Waals surface area contributed by atoms with E-state index in [2.05, 4.69) is 0 Å². The van der Waals surface area contributed by atoms with Crippen molar-refractivity contribution in [2.45, 2.75) is 12.8 Å². The molecule has 0 aliphatic rings. The molecule has 0 aromatic heterocycles. The van der Waals surface area contributed by atoms with Crippen LogP contribution >= 0.6 is 0 Å². The number of benzene rings is 2. The number of carbonyl (C=O) groups excluding carboxylic acids is 1. The Morgan fingerprint density at radius 2 is 1.41 bits per heavy atom. The molecule has 0 aliphatic heterocycles.